The van der Waals surface area contributed by atoms with Gasteiger partial charge in [0.05, 0.1) is 11.8 Å². The minimum Gasteiger partial charge on any atom is -0.480 e. The molecule has 2 aromatic rings. The van der Waals surface area contributed by atoms with Crippen LogP contribution in [0.2, 0.25) is 0 Å². The molecule has 1 unspecified atom stereocenters. The third-order valence-corrected chi connectivity index (χ3v) is 2.98. The number of benzene rings is 1. The van der Waals surface area contributed by atoms with Gasteiger partial charge in [-0.25, -0.2) is 4.79 Å². The molecule has 1 amide bonds. The number of aliphatic carboxylic acids is 1. The Morgan fingerprint density at radius 1 is 1.19 bits per heavy atom. The molecule has 108 valence electrons. The Bertz CT molecular complexity index is 632. The fourth-order valence-corrected chi connectivity index (χ4v) is 1.86. The Kier molecular flexibility index (Phi) is 4.56. The highest BCUT2D eigenvalue weighted by atomic mass is 16.4. The summed E-state index contributed by atoms with van der Waals surface area (Å²) in [7, 11) is 0. The maximum atomic E-state index is 12.0. The Morgan fingerprint density at radius 2 is 1.90 bits per heavy atom. The second kappa shape index (κ2) is 6.56. The first-order valence-electron chi connectivity index (χ1n) is 6.38. The Balaban J connectivity index is 2.05. The quantitative estimate of drug-likeness (QED) is 0.797. The van der Waals surface area contributed by atoms with Gasteiger partial charge in [0.25, 0.3) is 5.91 Å². The van der Waals surface area contributed by atoms with Gasteiger partial charge in [-0.05, 0) is 17.7 Å². The van der Waals surface area contributed by atoms with Crippen LogP contribution in [0.3, 0.4) is 0 Å². The summed E-state index contributed by atoms with van der Waals surface area (Å²) in [5, 5.41) is 11.7. The summed E-state index contributed by atoms with van der Waals surface area (Å²) in [4.78, 5) is 23.3. The van der Waals surface area contributed by atoms with Crippen molar-refractivity contribution < 1.29 is 19.1 Å². The van der Waals surface area contributed by atoms with Crippen molar-refractivity contribution in [3.8, 4) is 0 Å². The number of carboxylic acids is 1. The molecule has 0 aliphatic rings. The number of amides is 1. The first kappa shape index (κ1) is 14.6. The molecule has 0 saturated heterocycles. The molecule has 0 saturated carbocycles. The molecule has 21 heavy (non-hydrogen) atoms. The van der Waals surface area contributed by atoms with Gasteiger partial charge in [-0.15, -0.1) is 0 Å². The van der Waals surface area contributed by atoms with Gasteiger partial charge in [0, 0.05) is 6.42 Å². The fourth-order valence-electron chi connectivity index (χ4n) is 1.86. The van der Waals surface area contributed by atoms with E-state index in [9.17, 15) is 14.7 Å². The molecular weight excluding hydrogens is 270 g/mol. The predicted molar refractivity (Wildman–Crippen MR) is 77.5 cm³/mol. The van der Waals surface area contributed by atoms with E-state index < -0.39 is 17.9 Å². The largest absolute Gasteiger partial charge is 0.480 e. The van der Waals surface area contributed by atoms with E-state index in [1.807, 2.05) is 30.3 Å². The fraction of sp³-hybridized carbons (Fsp3) is 0.125. The molecule has 5 heteroatoms. The standard InChI is InChI=1S/C16H15NO4/c1-11(14-8-5-9-21-14)15(18)17-13(16(19)20)10-12-6-3-2-4-7-12/h2-9,13H,1,10H2,(H,17,18)(H,19,20). The number of carbonyl (C=O) groups is 2. The van der Waals surface area contributed by atoms with Gasteiger partial charge in [0.15, 0.2) is 0 Å². The van der Waals surface area contributed by atoms with E-state index in [-0.39, 0.29) is 12.0 Å². The first-order chi connectivity index (χ1) is 10.1. The maximum absolute atomic E-state index is 12.0. The Morgan fingerprint density at radius 3 is 2.48 bits per heavy atom. The highest BCUT2D eigenvalue weighted by molar-refractivity contribution is 6.18. The van der Waals surface area contributed by atoms with E-state index >= 15 is 0 Å². The maximum Gasteiger partial charge on any atom is 0.326 e. The molecule has 1 atom stereocenters. The average Bonchev–Trinajstić information content (AvgIpc) is 3.00. The van der Waals surface area contributed by atoms with Crippen LogP contribution in [0.15, 0.2) is 59.7 Å². The predicted octanol–water partition coefficient (Wildman–Crippen LogP) is 2.10. The lowest BCUT2D eigenvalue weighted by Gasteiger charge is -2.15. The van der Waals surface area contributed by atoms with E-state index in [0.29, 0.717) is 5.76 Å². The van der Waals surface area contributed by atoms with Gasteiger partial charge in [0.2, 0.25) is 0 Å². The number of nitrogens with one attached hydrogen (secondary N) is 1. The van der Waals surface area contributed by atoms with Gasteiger partial charge in [0.1, 0.15) is 11.8 Å². The first-order valence-corrected chi connectivity index (χ1v) is 6.38. The summed E-state index contributed by atoms with van der Waals surface area (Å²) >= 11 is 0. The van der Waals surface area contributed by atoms with E-state index in [1.54, 1.807) is 12.1 Å². The van der Waals surface area contributed by atoms with Crippen LogP contribution >= 0.6 is 0 Å². The van der Waals surface area contributed by atoms with Crippen molar-refractivity contribution in [2.45, 2.75) is 12.5 Å². The minimum absolute atomic E-state index is 0.0966. The van der Waals surface area contributed by atoms with Gasteiger partial charge >= 0.3 is 5.97 Å². The third-order valence-electron chi connectivity index (χ3n) is 2.98. The van der Waals surface area contributed by atoms with Crippen LogP contribution in [0.4, 0.5) is 0 Å². The summed E-state index contributed by atoms with van der Waals surface area (Å²) in [6, 6.07) is 11.3. The zero-order chi connectivity index (χ0) is 15.2. The second-order valence-corrected chi connectivity index (χ2v) is 4.51. The van der Waals surface area contributed by atoms with E-state index in [4.69, 9.17) is 4.42 Å². The highest BCUT2D eigenvalue weighted by Gasteiger charge is 2.22. The molecule has 2 rings (SSSR count). The lowest BCUT2D eigenvalue weighted by atomic mass is 10.1. The molecular formula is C16H15NO4. The summed E-state index contributed by atoms with van der Waals surface area (Å²) in [5.74, 6) is -1.34. The summed E-state index contributed by atoms with van der Waals surface area (Å²) in [6.45, 7) is 3.62. The molecule has 0 aliphatic carbocycles. The number of carboxylic acid groups (broad SMARTS) is 1. The summed E-state index contributed by atoms with van der Waals surface area (Å²) < 4.78 is 5.07. The lowest BCUT2D eigenvalue weighted by molar-refractivity contribution is -0.141. The number of furan rings is 1. The van der Waals surface area contributed by atoms with E-state index in [2.05, 4.69) is 11.9 Å². The number of carbonyl (C=O) groups excluding carboxylic acids is 1. The average molecular weight is 285 g/mol. The van der Waals surface area contributed by atoms with Crippen LogP contribution in [0, 0.1) is 0 Å². The Labute approximate surface area is 121 Å². The van der Waals surface area contributed by atoms with Crippen LogP contribution in [0.25, 0.3) is 5.57 Å². The molecule has 5 nitrogen and oxygen atoms in total. The normalized spacial score (nSPS) is 11.6. The van der Waals surface area contributed by atoms with Crippen LogP contribution in [-0.2, 0) is 16.0 Å². The summed E-state index contributed by atoms with van der Waals surface area (Å²) in [6.07, 6.45) is 1.62. The smallest absolute Gasteiger partial charge is 0.326 e. The monoisotopic (exact) mass is 285 g/mol. The second-order valence-electron chi connectivity index (χ2n) is 4.51. The zero-order valence-electron chi connectivity index (χ0n) is 11.3. The highest BCUT2D eigenvalue weighted by Crippen LogP contribution is 2.13. The van der Waals surface area contributed by atoms with Crippen molar-refractivity contribution in [3.63, 3.8) is 0 Å². The van der Waals surface area contributed by atoms with Crippen LogP contribution < -0.4 is 5.32 Å². The van der Waals surface area contributed by atoms with Crippen molar-refractivity contribution in [2.75, 3.05) is 0 Å². The van der Waals surface area contributed by atoms with Crippen LogP contribution in [0.1, 0.15) is 11.3 Å². The van der Waals surface area contributed by atoms with Gasteiger partial charge < -0.3 is 14.8 Å². The molecule has 1 heterocycles. The van der Waals surface area contributed by atoms with Crippen LogP contribution in [0.5, 0.6) is 0 Å². The number of rotatable bonds is 6. The van der Waals surface area contributed by atoms with Crippen molar-refractivity contribution >= 4 is 17.4 Å². The third kappa shape index (κ3) is 3.82. The molecule has 1 aromatic carbocycles. The molecule has 0 fully saturated rings. The SMILES string of the molecule is C=C(C(=O)NC(Cc1ccccc1)C(=O)O)c1ccco1. The molecule has 0 aliphatic heterocycles. The topological polar surface area (TPSA) is 79.5 Å². The van der Waals surface area contributed by atoms with E-state index in [0.717, 1.165) is 5.56 Å². The van der Waals surface area contributed by atoms with Crippen molar-refractivity contribution in [2.24, 2.45) is 0 Å². The van der Waals surface area contributed by atoms with Crippen molar-refractivity contribution in [1.29, 1.82) is 0 Å². The minimum atomic E-state index is -1.10. The Hall–Kier alpha value is -2.82. The molecule has 2 N–H and O–H groups in total. The van der Waals surface area contributed by atoms with Crippen molar-refractivity contribution in [1.82, 2.24) is 5.32 Å². The zero-order valence-corrected chi connectivity index (χ0v) is 11.3. The van der Waals surface area contributed by atoms with Crippen molar-refractivity contribution in [3.05, 3.63) is 66.6 Å². The molecule has 1 aromatic heterocycles. The van der Waals surface area contributed by atoms with Gasteiger partial charge in [-0.3, -0.25) is 4.79 Å². The molecule has 0 bridgehead atoms. The van der Waals surface area contributed by atoms with E-state index in [1.165, 1.54) is 6.26 Å². The van der Waals surface area contributed by atoms with Crippen LogP contribution in [-0.4, -0.2) is 23.0 Å². The molecule has 0 radical (unpaired) electrons. The van der Waals surface area contributed by atoms with Gasteiger partial charge in [-0.1, -0.05) is 36.9 Å². The molecule has 0 spiro atoms. The summed E-state index contributed by atoms with van der Waals surface area (Å²) in [5.41, 5.74) is 0.924. The number of hydrogen-bond acceptors (Lipinski definition) is 3. The lowest BCUT2D eigenvalue weighted by Crippen LogP contribution is -2.42. The number of hydrogen-bond donors (Lipinski definition) is 2. The van der Waals surface area contributed by atoms with Gasteiger partial charge in [-0.2, -0.15) is 0 Å².